The highest BCUT2D eigenvalue weighted by Crippen LogP contribution is 2.37. The lowest BCUT2D eigenvalue weighted by molar-refractivity contribution is 0.253. The number of aromatic nitrogens is 1. The molecule has 118 valence electrons. The molecule has 1 N–H and O–H groups in total. The quantitative estimate of drug-likeness (QED) is 0.896. The summed E-state index contributed by atoms with van der Waals surface area (Å²) < 4.78 is 5.47. The van der Waals surface area contributed by atoms with E-state index in [1.54, 1.807) is 13.3 Å². The molecule has 1 aromatic heterocycles. The molecule has 1 aromatic rings. The third-order valence-electron chi connectivity index (χ3n) is 4.57. The van der Waals surface area contributed by atoms with Gasteiger partial charge < -0.3 is 15.0 Å². The summed E-state index contributed by atoms with van der Waals surface area (Å²) in [6.07, 6.45) is 7.01. The number of nitrogens with zero attached hydrogens (tertiary/aromatic N) is 2. The molecule has 0 aromatic carbocycles. The van der Waals surface area contributed by atoms with Crippen LogP contribution in [0.25, 0.3) is 0 Å². The van der Waals surface area contributed by atoms with E-state index in [1.807, 2.05) is 6.07 Å². The van der Waals surface area contributed by atoms with Crippen molar-refractivity contribution in [3.63, 3.8) is 0 Å². The van der Waals surface area contributed by atoms with Gasteiger partial charge >= 0.3 is 0 Å². The molecule has 1 aliphatic carbocycles. The molecule has 0 saturated heterocycles. The lowest BCUT2D eigenvalue weighted by atomic mass is 9.78. The van der Waals surface area contributed by atoms with Crippen LogP contribution in [0.2, 0.25) is 0 Å². The molecule has 4 heteroatoms. The van der Waals surface area contributed by atoms with E-state index in [1.165, 1.54) is 25.7 Å². The Hall–Kier alpha value is -1.45. The standard InChI is InChI=1S/C17H29N3O/c1-12(2)13-8-6-7-9-14(13)19-16-15(20(3)4)10-11-18-17(16)21-5/h10-14,19H,6-9H2,1-5H3. The third-order valence-corrected chi connectivity index (χ3v) is 4.57. The zero-order valence-corrected chi connectivity index (χ0v) is 14.0. The van der Waals surface area contributed by atoms with Crippen molar-refractivity contribution in [2.45, 2.75) is 45.6 Å². The molecule has 2 unspecified atom stereocenters. The van der Waals surface area contributed by atoms with Crippen LogP contribution in [-0.2, 0) is 0 Å². The van der Waals surface area contributed by atoms with Gasteiger partial charge in [0.25, 0.3) is 0 Å². The molecule has 21 heavy (non-hydrogen) atoms. The smallest absolute Gasteiger partial charge is 0.239 e. The topological polar surface area (TPSA) is 37.4 Å². The van der Waals surface area contributed by atoms with Crippen LogP contribution in [0.4, 0.5) is 11.4 Å². The van der Waals surface area contributed by atoms with Gasteiger partial charge in [0.1, 0.15) is 5.69 Å². The van der Waals surface area contributed by atoms with Gasteiger partial charge in [0.15, 0.2) is 0 Å². The van der Waals surface area contributed by atoms with Gasteiger partial charge in [0.2, 0.25) is 5.88 Å². The van der Waals surface area contributed by atoms with Crippen molar-refractivity contribution < 1.29 is 4.74 Å². The van der Waals surface area contributed by atoms with E-state index in [-0.39, 0.29) is 0 Å². The number of nitrogens with one attached hydrogen (secondary N) is 1. The van der Waals surface area contributed by atoms with E-state index in [2.05, 4.69) is 43.1 Å². The van der Waals surface area contributed by atoms with Gasteiger partial charge in [-0.3, -0.25) is 0 Å². The Morgan fingerprint density at radius 2 is 2.00 bits per heavy atom. The molecule has 1 heterocycles. The van der Waals surface area contributed by atoms with E-state index >= 15 is 0 Å². The van der Waals surface area contributed by atoms with Crippen molar-refractivity contribution in [2.75, 3.05) is 31.4 Å². The zero-order valence-electron chi connectivity index (χ0n) is 14.0. The SMILES string of the molecule is COc1nccc(N(C)C)c1NC1CCCCC1C(C)C. The first-order chi connectivity index (χ1) is 10.0. The van der Waals surface area contributed by atoms with E-state index in [0.717, 1.165) is 17.3 Å². The molecule has 0 aliphatic heterocycles. The summed E-state index contributed by atoms with van der Waals surface area (Å²) in [6.45, 7) is 4.66. The number of ether oxygens (including phenoxy) is 1. The summed E-state index contributed by atoms with van der Waals surface area (Å²) in [5, 5.41) is 3.75. The second-order valence-corrected chi connectivity index (χ2v) is 6.55. The summed E-state index contributed by atoms with van der Waals surface area (Å²) in [6, 6.07) is 2.55. The van der Waals surface area contributed by atoms with Gasteiger partial charge in [0, 0.05) is 26.3 Å². The number of hydrogen-bond acceptors (Lipinski definition) is 4. The fourth-order valence-electron chi connectivity index (χ4n) is 3.42. The van der Waals surface area contributed by atoms with Crippen LogP contribution in [0.5, 0.6) is 5.88 Å². The minimum Gasteiger partial charge on any atom is -0.479 e. The average Bonchev–Trinajstić information content (AvgIpc) is 2.47. The van der Waals surface area contributed by atoms with Crippen molar-refractivity contribution in [3.05, 3.63) is 12.3 Å². The summed E-state index contributed by atoms with van der Waals surface area (Å²) >= 11 is 0. The van der Waals surface area contributed by atoms with Crippen molar-refractivity contribution >= 4 is 11.4 Å². The molecule has 1 fully saturated rings. The Morgan fingerprint density at radius 1 is 1.29 bits per heavy atom. The number of anilines is 2. The van der Waals surface area contributed by atoms with Gasteiger partial charge in [-0.2, -0.15) is 0 Å². The third kappa shape index (κ3) is 3.60. The first-order valence-electron chi connectivity index (χ1n) is 8.01. The lowest BCUT2D eigenvalue weighted by Gasteiger charge is -2.36. The van der Waals surface area contributed by atoms with Crippen LogP contribution in [-0.4, -0.2) is 32.2 Å². The maximum atomic E-state index is 5.47. The molecule has 2 atom stereocenters. The molecule has 0 bridgehead atoms. The van der Waals surface area contributed by atoms with Crippen molar-refractivity contribution in [3.8, 4) is 5.88 Å². The molecule has 1 aliphatic rings. The van der Waals surface area contributed by atoms with Crippen LogP contribution >= 0.6 is 0 Å². The predicted molar refractivity (Wildman–Crippen MR) is 89.3 cm³/mol. The molecule has 0 amide bonds. The molecule has 2 rings (SSSR count). The predicted octanol–water partition coefficient (Wildman–Crippen LogP) is 3.78. The molecule has 4 nitrogen and oxygen atoms in total. The second-order valence-electron chi connectivity index (χ2n) is 6.55. The number of rotatable bonds is 5. The fraction of sp³-hybridized carbons (Fsp3) is 0.706. The molecular formula is C17H29N3O. The minimum absolute atomic E-state index is 0.510. The number of methoxy groups -OCH3 is 1. The molecule has 1 saturated carbocycles. The number of pyridine rings is 1. The molecule has 0 radical (unpaired) electrons. The van der Waals surface area contributed by atoms with Crippen molar-refractivity contribution in [1.82, 2.24) is 4.98 Å². The fourth-order valence-corrected chi connectivity index (χ4v) is 3.42. The van der Waals surface area contributed by atoms with Crippen LogP contribution in [0, 0.1) is 11.8 Å². The summed E-state index contributed by atoms with van der Waals surface area (Å²) in [7, 11) is 5.80. The molecule has 0 spiro atoms. The van der Waals surface area contributed by atoms with E-state index in [9.17, 15) is 0 Å². The van der Waals surface area contributed by atoms with Crippen LogP contribution in [0.15, 0.2) is 12.3 Å². The Morgan fingerprint density at radius 3 is 2.62 bits per heavy atom. The highest BCUT2D eigenvalue weighted by Gasteiger charge is 2.29. The van der Waals surface area contributed by atoms with Gasteiger partial charge in [-0.25, -0.2) is 4.98 Å². The summed E-state index contributed by atoms with van der Waals surface area (Å²) in [5.74, 6) is 2.11. The zero-order chi connectivity index (χ0) is 15.4. The van der Waals surface area contributed by atoms with Gasteiger partial charge in [-0.1, -0.05) is 26.7 Å². The molecular weight excluding hydrogens is 262 g/mol. The monoisotopic (exact) mass is 291 g/mol. The summed E-state index contributed by atoms with van der Waals surface area (Å²) in [5.41, 5.74) is 2.16. The first-order valence-corrected chi connectivity index (χ1v) is 8.01. The van der Waals surface area contributed by atoms with E-state index < -0.39 is 0 Å². The Bertz CT molecular complexity index is 459. The first kappa shape index (κ1) is 15.9. The second kappa shape index (κ2) is 7.01. The van der Waals surface area contributed by atoms with Gasteiger partial charge in [-0.15, -0.1) is 0 Å². The van der Waals surface area contributed by atoms with E-state index in [4.69, 9.17) is 4.74 Å². The normalized spacial score (nSPS) is 22.2. The van der Waals surface area contributed by atoms with Gasteiger partial charge in [-0.05, 0) is 30.7 Å². The lowest BCUT2D eigenvalue weighted by Crippen LogP contribution is -2.35. The van der Waals surface area contributed by atoms with Crippen LogP contribution in [0.1, 0.15) is 39.5 Å². The summed E-state index contributed by atoms with van der Waals surface area (Å²) in [4.78, 5) is 6.48. The maximum absolute atomic E-state index is 5.47. The van der Waals surface area contributed by atoms with Crippen LogP contribution in [0.3, 0.4) is 0 Å². The number of hydrogen-bond donors (Lipinski definition) is 1. The Kier molecular flexibility index (Phi) is 5.32. The van der Waals surface area contributed by atoms with Crippen molar-refractivity contribution in [2.24, 2.45) is 11.8 Å². The average molecular weight is 291 g/mol. The van der Waals surface area contributed by atoms with E-state index in [0.29, 0.717) is 17.8 Å². The minimum atomic E-state index is 0.510. The largest absolute Gasteiger partial charge is 0.479 e. The highest BCUT2D eigenvalue weighted by molar-refractivity contribution is 5.74. The van der Waals surface area contributed by atoms with Crippen LogP contribution < -0.4 is 15.0 Å². The Balaban J connectivity index is 2.28. The highest BCUT2D eigenvalue weighted by atomic mass is 16.5. The van der Waals surface area contributed by atoms with Gasteiger partial charge in [0.05, 0.1) is 12.8 Å². The Labute approximate surface area is 128 Å². The maximum Gasteiger partial charge on any atom is 0.239 e. The van der Waals surface area contributed by atoms with Crippen molar-refractivity contribution in [1.29, 1.82) is 0 Å².